The minimum absolute atomic E-state index is 0. The second-order valence-corrected chi connectivity index (χ2v) is 18.1. The molecule has 337 valence electrons. The number of ketones is 1. The van der Waals surface area contributed by atoms with Gasteiger partial charge in [-0.15, -0.1) is 5.76 Å². The molecule has 5 aromatic carbocycles. The van der Waals surface area contributed by atoms with Crippen molar-refractivity contribution in [1.29, 1.82) is 0 Å². The maximum absolute atomic E-state index is 12.1. The predicted octanol–water partition coefficient (Wildman–Crippen LogP) is 11.0. The van der Waals surface area contributed by atoms with Crippen LogP contribution in [-0.2, 0) is 44.1 Å². The molecule has 0 bridgehead atoms. The van der Waals surface area contributed by atoms with Crippen molar-refractivity contribution in [3.63, 3.8) is 0 Å². The van der Waals surface area contributed by atoms with Crippen molar-refractivity contribution in [2.75, 3.05) is 14.2 Å². The third-order valence-electron chi connectivity index (χ3n) is 8.68. The van der Waals surface area contributed by atoms with Crippen LogP contribution in [0, 0.1) is 6.92 Å². The number of ether oxygens (including phenoxy) is 2. The van der Waals surface area contributed by atoms with Gasteiger partial charge >= 0.3 is 29.1 Å². The molecule has 2 aliphatic heterocycles. The van der Waals surface area contributed by atoms with E-state index >= 15 is 0 Å². The second-order valence-electron chi connectivity index (χ2n) is 15.9. The number of hydrogen-bond donors (Lipinski definition) is 0. The van der Waals surface area contributed by atoms with Gasteiger partial charge < -0.3 is 14.6 Å². The number of carbonyl (C=O) groups is 3. The molecule has 0 aliphatic carbocycles. The van der Waals surface area contributed by atoms with E-state index in [1.807, 2.05) is 66.7 Å². The molecule has 0 saturated carbocycles. The number of para-hydroxylation sites is 2. The molecule has 0 fully saturated rings. The summed E-state index contributed by atoms with van der Waals surface area (Å²) in [5.41, 5.74) is 3.74. The van der Waals surface area contributed by atoms with Crippen LogP contribution >= 0.6 is 17.2 Å². The average Bonchev–Trinajstić information content (AvgIpc) is 3.21. The van der Waals surface area contributed by atoms with E-state index in [0.717, 1.165) is 28.7 Å². The fraction of sp³-hybridized carbons (Fsp3) is 0.271. The first kappa shape index (κ1) is 51.9. The van der Waals surface area contributed by atoms with Crippen molar-refractivity contribution in [1.82, 2.24) is 0 Å². The Morgan fingerprint density at radius 1 is 0.587 bits per heavy atom. The van der Waals surface area contributed by atoms with E-state index in [-0.39, 0.29) is 41.9 Å². The molecule has 12 nitrogen and oxygen atoms in total. The summed E-state index contributed by atoms with van der Waals surface area (Å²) in [5, 5.41) is 9.98. The third kappa shape index (κ3) is 16.0. The Bertz CT molecular complexity index is 2200. The van der Waals surface area contributed by atoms with E-state index in [9.17, 15) is 19.5 Å². The number of aryl methyl sites for hydroxylation is 1. The van der Waals surface area contributed by atoms with E-state index < -0.39 is 29.1 Å². The van der Waals surface area contributed by atoms with Crippen LogP contribution < -0.4 is 32.7 Å². The van der Waals surface area contributed by atoms with Gasteiger partial charge in [-0.2, -0.15) is 0 Å². The summed E-state index contributed by atoms with van der Waals surface area (Å²) in [6.07, 6.45) is 1.06. The van der Waals surface area contributed by atoms with E-state index in [1.165, 1.54) is 19.4 Å². The molecule has 2 heterocycles. The molecule has 0 saturated heterocycles. The molecule has 2 aliphatic rings. The molecule has 2 atom stereocenters. The molecule has 0 amide bonds. The summed E-state index contributed by atoms with van der Waals surface area (Å²) in [5.74, 6) is 2.52. The number of benzene rings is 5. The fourth-order valence-corrected chi connectivity index (χ4v) is 7.84. The maximum Gasteiger partial charge on any atom is 0.532 e. The Morgan fingerprint density at radius 2 is 0.968 bits per heavy atom. The minimum Gasteiger partial charge on any atom is -0.876 e. The van der Waals surface area contributed by atoms with Crippen LogP contribution in [0.4, 0.5) is 0 Å². The quantitative estimate of drug-likeness (QED) is 0.0661. The van der Waals surface area contributed by atoms with E-state index in [0.29, 0.717) is 34.1 Å². The Kier molecular flexibility index (Phi) is 19.6. The number of hydrogen-bond acceptors (Lipinski definition) is 12. The van der Waals surface area contributed by atoms with Crippen molar-refractivity contribution in [2.45, 2.75) is 73.1 Å². The molecule has 0 N–H and O–H groups in total. The topological polar surface area (TPSA) is 148 Å². The molecule has 1 radical (unpaired) electrons. The summed E-state index contributed by atoms with van der Waals surface area (Å²) >= 11 is 0. The molecule has 15 heteroatoms. The van der Waals surface area contributed by atoms with Crippen LogP contribution in [0.1, 0.15) is 92.8 Å². The molecule has 63 heavy (non-hydrogen) atoms. The molecule has 0 spiro atoms. The van der Waals surface area contributed by atoms with Gasteiger partial charge in [0.25, 0.3) is 0 Å². The normalized spacial score (nSPS) is 14.9. The van der Waals surface area contributed by atoms with Crippen LogP contribution in [0.5, 0.6) is 34.5 Å². The third-order valence-corrected chi connectivity index (χ3v) is 10.9. The second kappa shape index (κ2) is 23.8. The van der Waals surface area contributed by atoms with Gasteiger partial charge in [0.15, 0.2) is 28.8 Å². The first-order valence-electron chi connectivity index (χ1n) is 19.6. The van der Waals surface area contributed by atoms with E-state index in [4.69, 9.17) is 36.6 Å². The summed E-state index contributed by atoms with van der Waals surface area (Å²) in [4.78, 5) is 34.2. The summed E-state index contributed by atoms with van der Waals surface area (Å²) in [7, 11) is -1.26. The largest absolute Gasteiger partial charge is 0.876 e. The van der Waals surface area contributed by atoms with E-state index in [2.05, 4.69) is 60.6 Å². The van der Waals surface area contributed by atoms with Gasteiger partial charge in [0.1, 0.15) is 22.6 Å². The Hall–Kier alpha value is -5.47. The molecular formula is C48H55O12P2Rh+. The smallest absolute Gasteiger partial charge is 0.532 e. The SMILES string of the molecule is CC(=O)/C=C(/C)[O-].COc1ccc(O[PH+]2OC(=O)c3ccccc3O2)c(C(C)(C)C)c1.COc1ccc(O[PH+]2OC(=O)c3ccccc3O2)c(C(C)(C)C)c1.Cc1ccccc1.[Rh]. The predicted molar refractivity (Wildman–Crippen MR) is 242 cm³/mol. The van der Waals surface area contributed by atoms with Gasteiger partial charge in [0, 0.05) is 30.6 Å². The number of carbonyl (C=O) groups excluding carboxylic acids is 3. The van der Waals surface area contributed by atoms with Crippen molar-refractivity contribution in [2.24, 2.45) is 0 Å². The Balaban J connectivity index is 0.000000254. The van der Waals surface area contributed by atoms with Crippen LogP contribution in [0.25, 0.3) is 0 Å². The number of fused-ring (bicyclic) bond motifs is 2. The standard InChI is InChI=1S/2C18H20O5P.C7H8.C5H8O2.Rh/c2*1-18(2,3)14-11-12(20-4)9-10-16(14)22-24-21-15-8-6-5-7-13(15)17(19)23-24;1-7-5-3-2-4-6-7;1-4(6)3-5(2)7;/h2*5-11,24H,1-4H3;2-6H,1H3;3,6H,1-2H3;/q2*+1;;;/p-1/b;;;4-3-;. The summed E-state index contributed by atoms with van der Waals surface area (Å²) < 4.78 is 44.6. The monoisotopic (exact) mass is 988 g/mol. The van der Waals surface area contributed by atoms with Crippen LogP contribution in [0.2, 0.25) is 0 Å². The molecule has 7 rings (SSSR count). The number of allylic oxidation sites excluding steroid dienone is 2. The van der Waals surface area contributed by atoms with Crippen molar-refractivity contribution in [3.05, 3.63) is 155 Å². The summed E-state index contributed by atoms with van der Waals surface area (Å²) in [6.45, 7) is 17.3. The zero-order chi connectivity index (χ0) is 45.6. The van der Waals surface area contributed by atoms with Gasteiger partial charge in [-0.3, -0.25) is 22.9 Å². The van der Waals surface area contributed by atoms with Gasteiger partial charge in [-0.05, 0) is 91.4 Å². The van der Waals surface area contributed by atoms with Crippen molar-refractivity contribution in [3.8, 4) is 34.5 Å². The maximum atomic E-state index is 12.1. The van der Waals surface area contributed by atoms with Crippen LogP contribution in [0.3, 0.4) is 0 Å². The molecular weight excluding hydrogens is 933 g/mol. The molecule has 2 unspecified atom stereocenters. The van der Waals surface area contributed by atoms with Crippen LogP contribution in [-0.4, -0.2) is 31.9 Å². The molecule has 0 aromatic heterocycles. The van der Waals surface area contributed by atoms with Crippen molar-refractivity contribution < 1.29 is 75.6 Å². The Morgan fingerprint density at radius 3 is 1.27 bits per heavy atom. The van der Waals surface area contributed by atoms with Crippen molar-refractivity contribution >= 4 is 34.9 Å². The number of methoxy groups -OCH3 is 2. The fourth-order valence-electron chi connectivity index (χ4n) is 5.64. The van der Waals surface area contributed by atoms with Gasteiger partial charge in [-0.1, -0.05) is 109 Å². The number of rotatable bonds is 7. The first-order chi connectivity index (χ1) is 29.3. The van der Waals surface area contributed by atoms with Gasteiger partial charge in [0.2, 0.25) is 0 Å². The zero-order valence-corrected chi connectivity index (χ0v) is 40.9. The molecule has 5 aromatic rings. The Labute approximate surface area is 385 Å². The minimum atomic E-state index is -2.25. The average molecular weight is 989 g/mol. The van der Waals surface area contributed by atoms with Crippen LogP contribution in [0.15, 0.2) is 127 Å². The summed E-state index contributed by atoms with van der Waals surface area (Å²) in [6, 6.07) is 35.3. The zero-order valence-electron chi connectivity index (χ0n) is 37.3. The van der Waals surface area contributed by atoms with E-state index in [1.54, 1.807) is 50.6 Å². The first-order valence-corrected chi connectivity index (χ1v) is 22.1. The van der Waals surface area contributed by atoms with Gasteiger partial charge in [0.05, 0.1) is 14.2 Å². The van der Waals surface area contributed by atoms with Gasteiger partial charge in [-0.25, -0.2) is 18.6 Å².